The average molecular weight is 196 g/mol. The molecule has 0 aliphatic heterocycles. The Kier molecular flexibility index (Phi) is 2.52. The largest absolute Gasteiger partial charge is 0.506 e. The van der Waals surface area contributed by atoms with E-state index in [1.165, 1.54) is 0 Å². The van der Waals surface area contributed by atoms with Gasteiger partial charge >= 0.3 is 0 Å². The number of guanidine groups is 1. The van der Waals surface area contributed by atoms with Crippen LogP contribution in [0.5, 0.6) is 5.75 Å². The summed E-state index contributed by atoms with van der Waals surface area (Å²) in [5.74, 6) is -0.496. The van der Waals surface area contributed by atoms with Gasteiger partial charge < -0.3 is 16.6 Å². The van der Waals surface area contributed by atoms with Crippen molar-refractivity contribution < 1.29 is 10.0 Å². The first-order valence-electron chi connectivity index (χ1n) is 3.57. The number of rotatable bonds is 2. The third-order valence-electron chi connectivity index (χ3n) is 1.42. The van der Waals surface area contributed by atoms with Crippen molar-refractivity contribution in [1.29, 1.82) is 0 Å². The zero-order chi connectivity index (χ0) is 10.7. The number of benzene rings is 1. The molecular formula is C7H8N4O3. The summed E-state index contributed by atoms with van der Waals surface area (Å²) >= 11 is 0. The molecule has 1 rings (SSSR count). The van der Waals surface area contributed by atoms with E-state index in [4.69, 9.17) is 11.5 Å². The fourth-order valence-electron chi connectivity index (χ4n) is 0.854. The quantitative estimate of drug-likeness (QED) is 0.269. The second-order valence-corrected chi connectivity index (χ2v) is 2.47. The minimum atomic E-state index is -0.606. The Morgan fingerprint density at radius 2 is 2.14 bits per heavy atom. The van der Waals surface area contributed by atoms with Crippen molar-refractivity contribution in [2.75, 3.05) is 0 Å². The Hall–Kier alpha value is -2.31. The average Bonchev–Trinajstić information content (AvgIpc) is 2.07. The SMILES string of the molecule is NC(N)=Nc1cc([N+](=O)[O-])ccc1O. The minimum Gasteiger partial charge on any atom is -0.506 e. The molecule has 1 aromatic carbocycles. The monoisotopic (exact) mass is 196 g/mol. The lowest BCUT2D eigenvalue weighted by Gasteiger charge is -1.98. The number of nitrogens with two attached hydrogens (primary N) is 2. The van der Waals surface area contributed by atoms with E-state index in [1.807, 2.05) is 0 Å². The predicted molar refractivity (Wildman–Crippen MR) is 50.2 cm³/mol. The van der Waals surface area contributed by atoms with Gasteiger partial charge in [-0.15, -0.1) is 0 Å². The number of aliphatic imine (C=N–C) groups is 1. The molecule has 7 heteroatoms. The molecule has 0 unspecified atom stereocenters. The van der Waals surface area contributed by atoms with E-state index in [2.05, 4.69) is 4.99 Å². The first kappa shape index (κ1) is 9.78. The first-order chi connectivity index (χ1) is 6.50. The molecule has 5 N–H and O–H groups in total. The van der Waals surface area contributed by atoms with Crippen LogP contribution in [-0.4, -0.2) is 16.0 Å². The van der Waals surface area contributed by atoms with Gasteiger partial charge in [0.15, 0.2) is 5.96 Å². The van der Waals surface area contributed by atoms with Crippen molar-refractivity contribution in [2.45, 2.75) is 0 Å². The fourth-order valence-corrected chi connectivity index (χ4v) is 0.854. The fraction of sp³-hybridized carbons (Fsp3) is 0. The van der Waals surface area contributed by atoms with Crippen molar-refractivity contribution in [3.05, 3.63) is 28.3 Å². The highest BCUT2D eigenvalue weighted by Crippen LogP contribution is 2.29. The van der Waals surface area contributed by atoms with Crippen LogP contribution < -0.4 is 11.5 Å². The van der Waals surface area contributed by atoms with Crippen LogP contribution in [0.3, 0.4) is 0 Å². The van der Waals surface area contributed by atoms with Gasteiger partial charge in [0.2, 0.25) is 0 Å². The van der Waals surface area contributed by atoms with E-state index in [-0.39, 0.29) is 23.1 Å². The summed E-state index contributed by atoms with van der Waals surface area (Å²) in [7, 11) is 0. The first-order valence-corrected chi connectivity index (χ1v) is 3.57. The van der Waals surface area contributed by atoms with Crippen LogP contribution >= 0.6 is 0 Å². The molecule has 0 aliphatic carbocycles. The molecular weight excluding hydrogens is 188 g/mol. The van der Waals surface area contributed by atoms with Crippen molar-refractivity contribution >= 4 is 17.3 Å². The molecule has 0 saturated heterocycles. The van der Waals surface area contributed by atoms with Crippen LogP contribution in [0.2, 0.25) is 0 Å². The number of hydrogen-bond acceptors (Lipinski definition) is 4. The molecule has 0 fully saturated rings. The molecule has 0 saturated carbocycles. The summed E-state index contributed by atoms with van der Waals surface area (Å²) in [6, 6.07) is 3.38. The lowest BCUT2D eigenvalue weighted by atomic mass is 10.2. The van der Waals surface area contributed by atoms with Crippen molar-refractivity contribution in [2.24, 2.45) is 16.5 Å². The Labute approximate surface area is 78.8 Å². The van der Waals surface area contributed by atoms with Gasteiger partial charge in [0.25, 0.3) is 5.69 Å². The Morgan fingerprint density at radius 3 is 2.64 bits per heavy atom. The third-order valence-corrected chi connectivity index (χ3v) is 1.42. The van der Waals surface area contributed by atoms with E-state index in [0.29, 0.717) is 0 Å². The number of nitro benzene ring substituents is 1. The number of nitro groups is 1. The smallest absolute Gasteiger partial charge is 0.271 e. The number of aromatic hydroxyl groups is 1. The van der Waals surface area contributed by atoms with Gasteiger partial charge in [0, 0.05) is 12.1 Å². The number of phenols is 1. The third kappa shape index (κ3) is 2.09. The molecule has 74 valence electrons. The standard InChI is InChI=1S/C7H8N4O3/c8-7(9)10-5-3-4(11(13)14)1-2-6(5)12/h1-3,12H,(H4,8,9,10). The van der Waals surface area contributed by atoms with Gasteiger partial charge in [0.1, 0.15) is 11.4 Å². The van der Waals surface area contributed by atoms with Gasteiger partial charge in [0.05, 0.1) is 4.92 Å². The van der Waals surface area contributed by atoms with Crippen molar-refractivity contribution in [1.82, 2.24) is 0 Å². The highest BCUT2D eigenvalue weighted by Gasteiger charge is 2.09. The summed E-state index contributed by atoms with van der Waals surface area (Å²) in [5.41, 5.74) is 9.91. The molecule has 0 heterocycles. The Morgan fingerprint density at radius 1 is 1.50 bits per heavy atom. The van der Waals surface area contributed by atoms with Crippen molar-refractivity contribution in [3.63, 3.8) is 0 Å². The summed E-state index contributed by atoms with van der Waals surface area (Å²) in [5, 5.41) is 19.6. The highest BCUT2D eigenvalue weighted by molar-refractivity contribution is 5.80. The van der Waals surface area contributed by atoms with E-state index in [9.17, 15) is 15.2 Å². The molecule has 0 aromatic heterocycles. The van der Waals surface area contributed by atoms with E-state index >= 15 is 0 Å². The number of non-ortho nitro benzene ring substituents is 1. The molecule has 14 heavy (non-hydrogen) atoms. The zero-order valence-corrected chi connectivity index (χ0v) is 7.04. The Balaban J connectivity index is 3.22. The van der Waals surface area contributed by atoms with Crippen molar-refractivity contribution in [3.8, 4) is 5.75 Å². The predicted octanol–water partition coefficient (Wildman–Crippen LogP) is 0.205. The normalized spacial score (nSPS) is 9.43. The number of hydrogen-bond donors (Lipinski definition) is 3. The number of nitrogens with zero attached hydrogens (tertiary/aromatic N) is 2. The van der Waals surface area contributed by atoms with Crippen LogP contribution in [0.4, 0.5) is 11.4 Å². The molecule has 1 aromatic rings. The van der Waals surface area contributed by atoms with Gasteiger partial charge in [-0.25, -0.2) is 4.99 Å². The summed E-state index contributed by atoms with van der Waals surface area (Å²) in [6.07, 6.45) is 0. The van der Waals surface area contributed by atoms with E-state index < -0.39 is 4.92 Å². The zero-order valence-electron chi connectivity index (χ0n) is 7.04. The molecule has 0 amide bonds. The van der Waals surface area contributed by atoms with E-state index in [1.54, 1.807) is 0 Å². The van der Waals surface area contributed by atoms with Gasteiger partial charge in [-0.05, 0) is 6.07 Å². The van der Waals surface area contributed by atoms with Crippen LogP contribution in [0.25, 0.3) is 0 Å². The second kappa shape index (κ2) is 3.60. The molecule has 0 radical (unpaired) electrons. The molecule has 0 aliphatic rings. The number of phenolic OH excluding ortho intramolecular Hbond substituents is 1. The molecule has 0 spiro atoms. The van der Waals surface area contributed by atoms with Crippen LogP contribution in [0.15, 0.2) is 23.2 Å². The minimum absolute atomic E-state index is 0.0285. The summed E-state index contributed by atoms with van der Waals surface area (Å²) < 4.78 is 0. The van der Waals surface area contributed by atoms with Crippen LogP contribution in [0.1, 0.15) is 0 Å². The van der Waals surface area contributed by atoms with Crippen LogP contribution in [-0.2, 0) is 0 Å². The van der Waals surface area contributed by atoms with E-state index in [0.717, 1.165) is 18.2 Å². The maximum absolute atomic E-state index is 10.4. The Bertz CT molecular complexity index is 398. The summed E-state index contributed by atoms with van der Waals surface area (Å²) in [4.78, 5) is 13.3. The maximum atomic E-state index is 10.4. The van der Waals surface area contributed by atoms with Gasteiger partial charge in [-0.1, -0.05) is 0 Å². The van der Waals surface area contributed by atoms with Crippen LogP contribution in [0, 0.1) is 10.1 Å². The van der Waals surface area contributed by atoms with Gasteiger partial charge in [-0.2, -0.15) is 0 Å². The second-order valence-electron chi connectivity index (χ2n) is 2.47. The molecule has 7 nitrogen and oxygen atoms in total. The summed E-state index contributed by atoms with van der Waals surface area (Å²) in [6.45, 7) is 0. The topological polar surface area (TPSA) is 128 Å². The lowest BCUT2D eigenvalue weighted by Crippen LogP contribution is -2.21. The molecule has 0 atom stereocenters. The lowest BCUT2D eigenvalue weighted by molar-refractivity contribution is -0.384. The van der Waals surface area contributed by atoms with Gasteiger partial charge in [-0.3, -0.25) is 10.1 Å². The molecule has 0 bridgehead atoms. The highest BCUT2D eigenvalue weighted by atomic mass is 16.6. The maximum Gasteiger partial charge on any atom is 0.271 e.